The Morgan fingerprint density at radius 2 is 2.09 bits per heavy atom. The van der Waals surface area contributed by atoms with E-state index in [0.29, 0.717) is 0 Å². The number of rotatable bonds is 1. The van der Waals surface area contributed by atoms with Crippen LogP contribution in [-0.2, 0) is 4.74 Å². The van der Waals surface area contributed by atoms with Crippen molar-refractivity contribution in [2.45, 2.75) is 26.1 Å². The number of ether oxygens (including phenoxy) is 1. The molecule has 1 fully saturated rings. The average Bonchev–Trinajstić information content (AvgIpc) is 2.12. The van der Waals surface area contributed by atoms with Gasteiger partial charge in [0.2, 0.25) is 0 Å². The molecule has 1 aliphatic heterocycles. The third-order valence-corrected chi connectivity index (χ3v) is 3.07. The van der Waals surface area contributed by atoms with E-state index >= 15 is 0 Å². The summed E-state index contributed by atoms with van der Waals surface area (Å²) >= 11 is 5.04. The lowest BCUT2D eigenvalue weighted by Gasteiger charge is -2.09. The van der Waals surface area contributed by atoms with Gasteiger partial charge in [-0.3, -0.25) is 0 Å². The second-order valence-electron chi connectivity index (χ2n) is 3.92. The fraction of sp³-hybridized carbons (Fsp3) is 0.625. The molecule has 1 nitrogen and oxygen atoms in total. The molecule has 0 aromatic carbocycles. The summed E-state index contributed by atoms with van der Waals surface area (Å²) in [6.07, 6.45) is 1.02. The molecule has 11 heavy (non-hydrogen) atoms. The monoisotopic (exact) mass is 186 g/mol. The van der Waals surface area contributed by atoms with Crippen LogP contribution in [-0.4, -0.2) is 19.7 Å². The van der Waals surface area contributed by atoms with Crippen LogP contribution in [0.3, 0.4) is 0 Å². The first-order chi connectivity index (χ1) is 4.99. The molecule has 0 aliphatic carbocycles. The van der Waals surface area contributed by atoms with Crippen LogP contribution in [0.15, 0.2) is 11.3 Å². The SMILES string of the molecule is C[Si](C)(C)/C=C1/CCOC1=S. The highest BCUT2D eigenvalue weighted by Crippen LogP contribution is 2.18. The highest BCUT2D eigenvalue weighted by atomic mass is 32.1. The van der Waals surface area contributed by atoms with E-state index < -0.39 is 8.07 Å². The zero-order valence-electron chi connectivity index (χ0n) is 7.31. The summed E-state index contributed by atoms with van der Waals surface area (Å²) in [6.45, 7) is 7.71. The second-order valence-corrected chi connectivity index (χ2v) is 9.31. The van der Waals surface area contributed by atoms with Crippen molar-refractivity contribution in [1.82, 2.24) is 0 Å². The topological polar surface area (TPSA) is 9.23 Å². The van der Waals surface area contributed by atoms with Crippen molar-refractivity contribution in [1.29, 1.82) is 0 Å². The Hall–Kier alpha value is -0.153. The highest BCUT2D eigenvalue weighted by molar-refractivity contribution is 7.80. The lowest BCUT2D eigenvalue weighted by Crippen LogP contribution is -2.17. The first-order valence-corrected chi connectivity index (χ1v) is 7.86. The normalized spacial score (nSPS) is 22.5. The van der Waals surface area contributed by atoms with Gasteiger partial charge in [0.05, 0.1) is 14.7 Å². The first-order valence-electron chi connectivity index (χ1n) is 3.88. The van der Waals surface area contributed by atoms with Gasteiger partial charge >= 0.3 is 0 Å². The van der Waals surface area contributed by atoms with E-state index in [0.717, 1.165) is 18.1 Å². The van der Waals surface area contributed by atoms with Gasteiger partial charge in [0.25, 0.3) is 0 Å². The van der Waals surface area contributed by atoms with Crippen molar-refractivity contribution in [2.75, 3.05) is 6.61 Å². The third-order valence-electron chi connectivity index (χ3n) is 1.47. The molecule has 1 aliphatic rings. The maximum atomic E-state index is 5.20. The summed E-state index contributed by atoms with van der Waals surface area (Å²) in [5.74, 6) is 0. The number of hydrogen-bond donors (Lipinski definition) is 0. The molecular weight excluding hydrogens is 172 g/mol. The molecule has 1 saturated heterocycles. The zero-order valence-corrected chi connectivity index (χ0v) is 9.12. The molecule has 0 aromatic heterocycles. The predicted molar refractivity (Wildman–Crippen MR) is 54.6 cm³/mol. The van der Waals surface area contributed by atoms with Gasteiger partial charge in [-0.25, -0.2) is 0 Å². The fourth-order valence-electron chi connectivity index (χ4n) is 1.10. The molecule has 0 bridgehead atoms. The van der Waals surface area contributed by atoms with E-state index in [4.69, 9.17) is 17.0 Å². The molecule has 0 radical (unpaired) electrons. The van der Waals surface area contributed by atoms with Gasteiger partial charge in [0.15, 0.2) is 5.05 Å². The van der Waals surface area contributed by atoms with Gasteiger partial charge in [-0.05, 0) is 12.2 Å². The quantitative estimate of drug-likeness (QED) is 0.353. The largest absolute Gasteiger partial charge is 0.483 e. The van der Waals surface area contributed by atoms with Gasteiger partial charge in [-0.15, -0.1) is 0 Å². The average molecular weight is 186 g/mol. The van der Waals surface area contributed by atoms with Crippen LogP contribution in [0, 0.1) is 0 Å². The second kappa shape index (κ2) is 3.07. The van der Waals surface area contributed by atoms with E-state index in [1.807, 2.05) is 0 Å². The minimum atomic E-state index is -1.09. The Kier molecular flexibility index (Phi) is 2.49. The fourth-order valence-corrected chi connectivity index (χ4v) is 2.77. The van der Waals surface area contributed by atoms with Crippen molar-refractivity contribution in [3.63, 3.8) is 0 Å². The maximum Gasteiger partial charge on any atom is 0.186 e. The molecule has 0 spiro atoms. The minimum Gasteiger partial charge on any atom is -0.483 e. The first kappa shape index (κ1) is 8.94. The van der Waals surface area contributed by atoms with Gasteiger partial charge in [-0.1, -0.05) is 25.3 Å². The van der Waals surface area contributed by atoms with Crippen LogP contribution in [0.4, 0.5) is 0 Å². The summed E-state index contributed by atoms with van der Waals surface area (Å²) in [5, 5.41) is 0.729. The van der Waals surface area contributed by atoms with Gasteiger partial charge < -0.3 is 4.74 Å². The van der Waals surface area contributed by atoms with Crippen molar-refractivity contribution in [3.8, 4) is 0 Å². The highest BCUT2D eigenvalue weighted by Gasteiger charge is 2.18. The van der Waals surface area contributed by atoms with E-state index in [1.54, 1.807) is 0 Å². The third kappa shape index (κ3) is 2.75. The molecule has 0 atom stereocenters. The summed E-state index contributed by atoms with van der Waals surface area (Å²) in [5.41, 5.74) is 3.60. The van der Waals surface area contributed by atoms with E-state index in [2.05, 4.69) is 25.3 Å². The Balaban J connectivity index is 2.73. The van der Waals surface area contributed by atoms with Crippen molar-refractivity contribution >= 4 is 25.3 Å². The van der Waals surface area contributed by atoms with Crippen LogP contribution in [0.1, 0.15) is 6.42 Å². The molecule has 1 rings (SSSR count). The van der Waals surface area contributed by atoms with E-state index in [-0.39, 0.29) is 0 Å². The van der Waals surface area contributed by atoms with Gasteiger partial charge in [0, 0.05) is 12.0 Å². The Morgan fingerprint density at radius 1 is 1.45 bits per heavy atom. The summed E-state index contributed by atoms with van der Waals surface area (Å²) in [7, 11) is -1.09. The molecule has 62 valence electrons. The lowest BCUT2D eigenvalue weighted by molar-refractivity contribution is 0.351. The molecule has 0 saturated carbocycles. The number of hydrogen-bond acceptors (Lipinski definition) is 2. The molecule has 0 unspecified atom stereocenters. The van der Waals surface area contributed by atoms with Crippen LogP contribution < -0.4 is 0 Å². The van der Waals surface area contributed by atoms with Crippen molar-refractivity contribution < 1.29 is 4.74 Å². The molecule has 0 aromatic rings. The smallest absolute Gasteiger partial charge is 0.186 e. The maximum absolute atomic E-state index is 5.20. The van der Waals surface area contributed by atoms with Gasteiger partial charge in [-0.2, -0.15) is 0 Å². The van der Waals surface area contributed by atoms with E-state index in [9.17, 15) is 0 Å². The molecule has 0 N–H and O–H groups in total. The van der Waals surface area contributed by atoms with Gasteiger partial charge in [0.1, 0.15) is 0 Å². The molecule has 1 heterocycles. The summed E-state index contributed by atoms with van der Waals surface area (Å²) in [6, 6.07) is 0. The van der Waals surface area contributed by atoms with Crippen LogP contribution in [0.2, 0.25) is 19.6 Å². The van der Waals surface area contributed by atoms with E-state index in [1.165, 1.54) is 5.57 Å². The lowest BCUT2D eigenvalue weighted by atomic mass is 10.3. The Morgan fingerprint density at radius 3 is 2.45 bits per heavy atom. The van der Waals surface area contributed by atoms with Crippen molar-refractivity contribution in [2.24, 2.45) is 0 Å². The molecule has 3 heteroatoms. The Labute approximate surface area is 74.5 Å². The minimum absolute atomic E-state index is 0.729. The summed E-state index contributed by atoms with van der Waals surface area (Å²) < 4.78 is 5.20. The van der Waals surface area contributed by atoms with Crippen molar-refractivity contribution in [3.05, 3.63) is 11.3 Å². The van der Waals surface area contributed by atoms with Crippen LogP contribution in [0.25, 0.3) is 0 Å². The predicted octanol–water partition coefficient (Wildman–Crippen LogP) is 2.54. The molecular formula is C8H14OSSi. The summed E-state index contributed by atoms with van der Waals surface area (Å²) in [4.78, 5) is 0. The zero-order chi connectivity index (χ0) is 8.48. The Bertz CT molecular complexity index is 203. The van der Waals surface area contributed by atoms with Crippen LogP contribution in [0.5, 0.6) is 0 Å². The molecule has 0 amide bonds. The standard InChI is InChI=1S/C8H14OSSi/c1-11(2,3)6-7-4-5-9-8(7)10/h6H,4-5H2,1-3H3/b7-6-. The van der Waals surface area contributed by atoms with Crippen LogP contribution >= 0.6 is 12.2 Å². The number of thiocarbonyl (C=S) groups is 1.